The molecule has 0 aromatic heterocycles. The molecule has 0 aliphatic rings. The van der Waals surface area contributed by atoms with Gasteiger partial charge in [-0.15, -0.1) is 0 Å². The summed E-state index contributed by atoms with van der Waals surface area (Å²) < 4.78 is 17.0. The van der Waals surface area contributed by atoms with Gasteiger partial charge < -0.3 is 28.6 Å². The van der Waals surface area contributed by atoms with E-state index in [4.69, 9.17) is 14.2 Å². The number of nitrogens with zero attached hydrogens (tertiary/aromatic N) is 1. The molecule has 0 spiro atoms. The summed E-state index contributed by atoms with van der Waals surface area (Å²) in [6.45, 7) is 4.39. The highest BCUT2D eigenvalue weighted by atomic mass is 16.6. The first-order valence-electron chi connectivity index (χ1n) is 20.8. The monoisotopic (exact) mass is 744 g/mol. The van der Waals surface area contributed by atoms with Gasteiger partial charge in [-0.1, -0.05) is 145 Å². The van der Waals surface area contributed by atoms with Crippen molar-refractivity contribution in [1.82, 2.24) is 0 Å². The molecule has 0 aromatic carbocycles. The van der Waals surface area contributed by atoms with Crippen LogP contribution < -0.4 is 5.11 Å². The molecular formula is C45H77NO7. The van der Waals surface area contributed by atoms with Gasteiger partial charge in [-0.25, -0.2) is 0 Å². The molecule has 0 radical (unpaired) electrons. The van der Waals surface area contributed by atoms with Crippen molar-refractivity contribution in [3.05, 3.63) is 60.8 Å². The van der Waals surface area contributed by atoms with Crippen molar-refractivity contribution in [3.63, 3.8) is 0 Å². The van der Waals surface area contributed by atoms with Crippen molar-refractivity contribution >= 4 is 17.9 Å². The summed E-state index contributed by atoms with van der Waals surface area (Å²) in [4.78, 5) is 36.6. The quantitative estimate of drug-likeness (QED) is 0.0207. The fourth-order valence-electron chi connectivity index (χ4n) is 5.71. The van der Waals surface area contributed by atoms with Crippen molar-refractivity contribution in [2.75, 3.05) is 41.0 Å². The summed E-state index contributed by atoms with van der Waals surface area (Å²) in [7, 11) is 5.36. The maximum atomic E-state index is 12.5. The van der Waals surface area contributed by atoms with Gasteiger partial charge in [-0.05, 0) is 51.4 Å². The predicted octanol–water partition coefficient (Wildman–Crippen LogP) is 9.69. The number of likely N-dealkylation sites (N-methyl/N-ethyl adjacent to an activating group) is 1. The number of carboxylic acids is 1. The summed E-state index contributed by atoms with van der Waals surface area (Å²) >= 11 is 0. The number of ether oxygens (including phenoxy) is 3. The number of rotatable bonds is 36. The lowest BCUT2D eigenvalue weighted by atomic mass is 10.1. The molecule has 53 heavy (non-hydrogen) atoms. The van der Waals surface area contributed by atoms with Crippen LogP contribution in [0.1, 0.15) is 155 Å². The molecule has 0 amide bonds. The van der Waals surface area contributed by atoms with E-state index in [-0.39, 0.29) is 43.1 Å². The number of carboxylic acid groups (broad SMARTS) is 1. The lowest BCUT2D eigenvalue weighted by molar-refractivity contribution is -0.889. The van der Waals surface area contributed by atoms with Gasteiger partial charge in [0, 0.05) is 12.8 Å². The van der Waals surface area contributed by atoms with Crippen LogP contribution in [0, 0.1) is 0 Å². The SMILES string of the molecule is CC/C=C/C/C=C/C/C=C/CC(=O)OC(COCCC(C(=O)[O-])[N+](C)(C)C)COC(=O)CCCCCCCCCCCC/C=C/C=C/CCCCCC. The zero-order valence-corrected chi connectivity index (χ0v) is 34.4. The van der Waals surface area contributed by atoms with Crippen LogP contribution in [0.5, 0.6) is 0 Å². The molecule has 0 saturated heterocycles. The molecule has 8 heteroatoms. The summed E-state index contributed by atoms with van der Waals surface area (Å²) in [6.07, 6.45) is 42.9. The number of hydrogen-bond acceptors (Lipinski definition) is 7. The standard InChI is InChI=1S/C45H77NO7/c1-6-8-10-12-14-16-17-18-19-20-21-22-23-24-25-26-28-29-31-33-35-43(47)52-40-41(39-51-38-37-42(45(49)50)46(3,4)5)53-44(48)36-34-32-30-27-15-13-11-9-7-2/h9,11,15-19,27,32,34,41-42H,6-8,10,12-14,20-26,28-31,33,35-40H2,1-5H3/b11-9+,17-16+,19-18+,27-15+,34-32+. The van der Waals surface area contributed by atoms with E-state index in [0.717, 1.165) is 38.5 Å². The third-order valence-corrected chi connectivity index (χ3v) is 8.95. The molecule has 0 aliphatic carbocycles. The van der Waals surface area contributed by atoms with Crippen LogP contribution in [0.15, 0.2) is 60.8 Å². The minimum absolute atomic E-state index is 0.00160. The molecule has 0 aromatic rings. The number of carbonyl (C=O) groups is 3. The van der Waals surface area contributed by atoms with Crippen LogP contribution in [-0.4, -0.2) is 75.5 Å². The Hall–Kier alpha value is -2.97. The first-order valence-corrected chi connectivity index (χ1v) is 20.8. The highest BCUT2D eigenvalue weighted by molar-refractivity contribution is 5.71. The van der Waals surface area contributed by atoms with Gasteiger partial charge in [0.2, 0.25) is 0 Å². The Balaban J connectivity index is 4.31. The topological polar surface area (TPSA) is 102 Å². The van der Waals surface area contributed by atoms with Crippen LogP contribution in [0.2, 0.25) is 0 Å². The normalized spacial score (nSPS) is 13.6. The average Bonchev–Trinajstić information content (AvgIpc) is 3.11. The largest absolute Gasteiger partial charge is 0.544 e. The second-order valence-corrected chi connectivity index (χ2v) is 14.9. The Bertz CT molecular complexity index is 1050. The number of allylic oxidation sites excluding steroid dienone is 9. The van der Waals surface area contributed by atoms with Crippen LogP contribution in [0.3, 0.4) is 0 Å². The molecule has 0 aliphatic heterocycles. The lowest BCUT2D eigenvalue weighted by Gasteiger charge is -2.34. The van der Waals surface area contributed by atoms with E-state index < -0.39 is 24.1 Å². The third kappa shape index (κ3) is 34.5. The first kappa shape index (κ1) is 50.0. The van der Waals surface area contributed by atoms with E-state index in [1.807, 2.05) is 12.2 Å². The van der Waals surface area contributed by atoms with Crippen LogP contribution >= 0.6 is 0 Å². The maximum Gasteiger partial charge on any atom is 0.310 e. The number of carbonyl (C=O) groups excluding carboxylic acids is 3. The van der Waals surface area contributed by atoms with Crippen molar-refractivity contribution < 1.29 is 38.2 Å². The number of unbranched alkanes of at least 4 members (excludes halogenated alkanes) is 14. The highest BCUT2D eigenvalue weighted by Crippen LogP contribution is 2.13. The Kier molecular flexibility index (Phi) is 34.0. The summed E-state index contributed by atoms with van der Waals surface area (Å²) in [6, 6.07) is -0.740. The van der Waals surface area contributed by atoms with E-state index in [2.05, 4.69) is 56.4 Å². The second kappa shape index (κ2) is 36.0. The van der Waals surface area contributed by atoms with Crippen molar-refractivity contribution in [2.45, 2.75) is 167 Å². The first-order chi connectivity index (χ1) is 25.6. The molecule has 0 saturated carbocycles. The third-order valence-electron chi connectivity index (χ3n) is 8.95. The molecule has 0 N–H and O–H groups in total. The van der Waals surface area contributed by atoms with E-state index in [9.17, 15) is 19.5 Å². The van der Waals surface area contributed by atoms with E-state index >= 15 is 0 Å². The van der Waals surface area contributed by atoms with Crippen LogP contribution in [-0.2, 0) is 28.6 Å². The van der Waals surface area contributed by atoms with Gasteiger partial charge in [0.05, 0.1) is 46.7 Å². The number of hydrogen-bond donors (Lipinski definition) is 0. The highest BCUT2D eigenvalue weighted by Gasteiger charge is 2.25. The molecule has 2 unspecified atom stereocenters. The Morgan fingerprint density at radius 3 is 1.70 bits per heavy atom. The maximum absolute atomic E-state index is 12.5. The molecular weight excluding hydrogens is 666 g/mol. The van der Waals surface area contributed by atoms with Gasteiger partial charge in [0.25, 0.3) is 0 Å². The molecule has 0 fully saturated rings. The fourth-order valence-corrected chi connectivity index (χ4v) is 5.71. The fraction of sp³-hybridized carbons (Fsp3) is 0.711. The lowest BCUT2D eigenvalue weighted by Crippen LogP contribution is -2.55. The number of aliphatic carboxylic acids is 1. The molecule has 0 heterocycles. The minimum atomic E-state index is -1.14. The van der Waals surface area contributed by atoms with Crippen molar-refractivity contribution in [2.24, 2.45) is 0 Å². The smallest absolute Gasteiger partial charge is 0.310 e. The summed E-state index contributed by atoms with van der Waals surface area (Å²) in [5.41, 5.74) is 0. The zero-order valence-electron chi connectivity index (χ0n) is 34.4. The number of esters is 2. The predicted molar refractivity (Wildman–Crippen MR) is 217 cm³/mol. The Morgan fingerprint density at radius 1 is 0.623 bits per heavy atom. The van der Waals surface area contributed by atoms with E-state index in [1.54, 1.807) is 27.2 Å². The second-order valence-electron chi connectivity index (χ2n) is 14.9. The molecule has 8 nitrogen and oxygen atoms in total. The van der Waals surface area contributed by atoms with E-state index in [0.29, 0.717) is 6.42 Å². The minimum Gasteiger partial charge on any atom is -0.544 e. The summed E-state index contributed by atoms with van der Waals surface area (Å²) in [5, 5.41) is 11.6. The molecule has 304 valence electrons. The van der Waals surface area contributed by atoms with Gasteiger partial charge in [-0.3, -0.25) is 9.59 Å². The molecule has 0 rings (SSSR count). The van der Waals surface area contributed by atoms with Gasteiger partial charge in [0.1, 0.15) is 12.6 Å². The van der Waals surface area contributed by atoms with E-state index in [1.165, 1.54) is 83.5 Å². The van der Waals surface area contributed by atoms with Gasteiger partial charge >= 0.3 is 11.9 Å². The average molecular weight is 744 g/mol. The summed E-state index contributed by atoms with van der Waals surface area (Å²) in [5.74, 6) is -1.90. The van der Waals surface area contributed by atoms with Gasteiger partial charge in [0.15, 0.2) is 6.10 Å². The number of quaternary nitrogens is 1. The Morgan fingerprint density at radius 2 is 1.15 bits per heavy atom. The molecule has 0 bridgehead atoms. The van der Waals surface area contributed by atoms with Crippen LogP contribution in [0.4, 0.5) is 0 Å². The van der Waals surface area contributed by atoms with Crippen LogP contribution in [0.25, 0.3) is 0 Å². The van der Waals surface area contributed by atoms with Gasteiger partial charge in [-0.2, -0.15) is 0 Å². The molecule has 2 atom stereocenters. The van der Waals surface area contributed by atoms with Crippen molar-refractivity contribution in [3.8, 4) is 0 Å². The van der Waals surface area contributed by atoms with Crippen molar-refractivity contribution in [1.29, 1.82) is 0 Å². The Labute approximate surface area is 324 Å². The zero-order chi connectivity index (χ0) is 39.3.